The summed E-state index contributed by atoms with van der Waals surface area (Å²) in [6.07, 6.45) is 63.5. The summed E-state index contributed by atoms with van der Waals surface area (Å²) in [6, 6.07) is -0.749. The van der Waals surface area contributed by atoms with Gasteiger partial charge in [-0.3, -0.25) is 9.59 Å². The van der Waals surface area contributed by atoms with Gasteiger partial charge in [0.15, 0.2) is 0 Å². The first-order chi connectivity index (χ1) is 30.0. The maximum Gasteiger partial charge on any atom is 0.306 e. The number of unbranched alkanes of at least 4 members (excludes halogenated alkanes) is 19. The molecule has 0 radical (unpaired) electrons. The van der Waals surface area contributed by atoms with Crippen molar-refractivity contribution in [1.29, 1.82) is 0 Å². The molecular formula is C55H93NO5. The van der Waals surface area contributed by atoms with Gasteiger partial charge in [-0.05, 0) is 70.3 Å². The van der Waals surface area contributed by atoms with Crippen LogP contribution >= 0.6 is 0 Å². The lowest BCUT2D eigenvalue weighted by atomic mass is 10.0. The zero-order valence-corrected chi connectivity index (χ0v) is 39.5. The summed E-state index contributed by atoms with van der Waals surface area (Å²) in [7, 11) is 0. The van der Waals surface area contributed by atoms with Crippen molar-refractivity contribution in [3.63, 3.8) is 0 Å². The minimum Gasteiger partial charge on any atom is -0.458 e. The molecule has 0 aromatic heterocycles. The first-order valence-electron chi connectivity index (χ1n) is 25.0. The Balaban J connectivity index is 4.76. The Morgan fingerprint density at radius 1 is 0.525 bits per heavy atom. The Labute approximate surface area is 376 Å². The molecule has 0 saturated heterocycles. The molecule has 0 bridgehead atoms. The number of amides is 1. The van der Waals surface area contributed by atoms with E-state index in [-0.39, 0.29) is 24.9 Å². The third kappa shape index (κ3) is 43.2. The van der Waals surface area contributed by atoms with Gasteiger partial charge in [-0.2, -0.15) is 0 Å². The van der Waals surface area contributed by atoms with E-state index in [1.807, 2.05) is 6.08 Å². The number of allylic oxidation sites excluding steroid dienone is 15. The minimum absolute atomic E-state index is 0.0558. The van der Waals surface area contributed by atoms with Crippen molar-refractivity contribution in [2.24, 2.45) is 0 Å². The van der Waals surface area contributed by atoms with E-state index in [1.165, 1.54) is 89.9 Å². The van der Waals surface area contributed by atoms with Crippen LogP contribution in [0.4, 0.5) is 0 Å². The molecule has 348 valence electrons. The molecule has 0 aromatic rings. The van der Waals surface area contributed by atoms with E-state index in [1.54, 1.807) is 6.08 Å². The van der Waals surface area contributed by atoms with Crippen LogP contribution in [0.15, 0.2) is 97.2 Å². The van der Waals surface area contributed by atoms with Crippen LogP contribution in [0.25, 0.3) is 0 Å². The molecule has 1 amide bonds. The topological polar surface area (TPSA) is 95.9 Å². The Hall–Kier alpha value is -3.22. The maximum absolute atomic E-state index is 13.2. The number of hydrogen-bond acceptors (Lipinski definition) is 5. The number of carbonyl (C=O) groups excluding carboxylic acids is 2. The number of aliphatic hydroxyl groups is 2. The second-order valence-corrected chi connectivity index (χ2v) is 16.5. The number of nitrogens with one attached hydrogen (secondary N) is 1. The fourth-order valence-electron chi connectivity index (χ4n) is 6.98. The smallest absolute Gasteiger partial charge is 0.306 e. The zero-order chi connectivity index (χ0) is 44.5. The van der Waals surface area contributed by atoms with Crippen molar-refractivity contribution >= 4 is 11.9 Å². The second kappa shape index (κ2) is 47.8. The molecule has 3 N–H and O–H groups in total. The van der Waals surface area contributed by atoms with Gasteiger partial charge in [0.05, 0.1) is 25.2 Å². The quantitative estimate of drug-likeness (QED) is 0.0246. The number of rotatable bonds is 43. The molecule has 6 heteroatoms. The SMILES string of the molecule is CC/C=C/C=C/C=C/CCCCCCCCCC(=O)OC(/C=C/C/C=C/C/C=C/C/C=C/C/C=C/CC)CC(=O)NC(CO)C(O)CCCCCCCCCCCCCCC. The number of aliphatic hydroxyl groups excluding tert-OH is 2. The van der Waals surface area contributed by atoms with Gasteiger partial charge in [0, 0.05) is 6.42 Å². The Kier molecular flexibility index (Phi) is 45.3. The highest BCUT2D eigenvalue weighted by Gasteiger charge is 2.23. The number of ether oxygens (including phenoxy) is 1. The number of esters is 1. The van der Waals surface area contributed by atoms with Crippen LogP contribution in [-0.4, -0.2) is 46.9 Å². The molecule has 0 aliphatic carbocycles. The van der Waals surface area contributed by atoms with Crippen molar-refractivity contribution < 1.29 is 24.5 Å². The predicted molar refractivity (Wildman–Crippen MR) is 264 cm³/mol. The van der Waals surface area contributed by atoms with E-state index in [2.05, 4.69) is 111 Å². The lowest BCUT2D eigenvalue weighted by molar-refractivity contribution is -0.148. The van der Waals surface area contributed by atoms with Gasteiger partial charge in [-0.1, -0.05) is 227 Å². The summed E-state index contributed by atoms with van der Waals surface area (Å²) < 4.78 is 5.81. The van der Waals surface area contributed by atoms with E-state index >= 15 is 0 Å². The fraction of sp³-hybridized carbons (Fsp3) is 0.673. The van der Waals surface area contributed by atoms with Crippen molar-refractivity contribution in [1.82, 2.24) is 5.32 Å². The van der Waals surface area contributed by atoms with Crippen LogP contribution in [0.2, 0.25) is 0 Å². The van der Waals surface area contributed by atoms with E-state index in [4.69, 9.17) is 4.74 Å². The molecule has 0 heterocycles. The summed E-state index contributed by atoms with van der Waals surface area (Å²) in [5.74, 6) is -0.649. The molecule has 0 aromatic carbocycles. The summed E-state index contributed by atoms with van der Waals surface area (Å²) in [6.45, 7) is 6.19. The predicted octanol–water partition coefficient (Wildman–Crippen LogP) is 14.9. The molecule has 0 fully saturated rings. The Morgan fingerprint density at radius 3 is 1.51 bits per heavy atom. The molecule has 0 rings (SSSR count). The molecule has 0 aliphatic rings. The summed E-state index contributed by atoms with van der Waals surface area (Å²) in [4.78, 5) is 26.0. The van der Waals surface area contributed by atoms with Crippen LogP contribution in [0, 0.1) is 0 Å². The number of hydrogen-bond donors (Lipinski definition) is 3. The van der Waals surface area contributed by atoms with Gasteiger partial charge in [0.25, 0.3) is 0 Å². The average Bonchev–Trinajstić information content (AvgIpc) is 3.25. The highest BCUT2D eigenvalue weighted by Crippen LogP contribution is 2.16. The van der Waals surface area contributed by atoms with Crippen molar-refractivity contribution in [2.45, 2.75) is 232 Å². The van der Waals surface area contributed by atoms with E-state index in [0.29, 0.717) is 19.3 Å². The third-order valence-corrected chi connectivity index (χ3v) is 10.7. The van der Waals surface area contributed by atoms with Gasteiger partial charge in [-0.25, -0.2) is 0 Å². The van der Waals surface area contributed by atoms with Gasteiger partial charge in [0.2, 0.25) is 5.91 Å². The van der Waals surface area contributed by atoms with Crippen molar-refractivity contribution in [2.75, 3.05) is 6.61 Å². The Bertz CT molecular complexity index is 1220. The van der Waals surface area contributed by atoms with Crippen molar-refractivity contribution in [3.8, 4) is 0 Å². The van der Waals surface area contributed by atoms with Crippen LogP contribution in [-0.2, 0) is 14.3 Å². The van der Waals surface area contributed by atoms with Crippen LogP contribution in [0.3, 0.4) is 0 Å². The zero-order valence-electron chi connectivity index (χ0n) is 39.5. The first kappa shape index (κ1) is 57.8. The Morgan fingerprint density at radius 2 is 0.984 bits per heavy atom. The van der Waals surface area contributed by atoms with Crippen LogP contribution in [0.1, 0.15) is 213 Å². The van der Waals surface area contributed by atoms with Crippen molar-refractivity contribution in [3.05, 3.63) is 97.2 Å². The standard InChI is InChI=1S/C55H93NO5/c1-4-7-10-13-16-19-22-25-27-30-33-36-39-42-45-48-55(60)61-51(46-43-40-37-34-31-29-26-23-20-17-14-11-8-5-2)49-54(59)56-52(50-57)53(58)47-44-41-38-35-32-28-24-21-18-15-12-9-6-3/h7-8,10-11,13,16-17,19-20,22,26,29,34,37,43,46,51-53,57-58H,4-6,9,12,14-15,18,21,23-25,27-28,30-33,35-36,38-42,44-45,47-50H2,1-3H3,(H,56,59)/b10-7+,11-8+,16-13+,20-17+,22-19+,29-26+,37-34+,46-43+. The number of carbonyl (C=O) groups is 2. The largest absolute Gasteiger partial charge is 0.458 e. The van der Waals surface area contributed by atoms with Crippen LogP contribution < -0.4 is 5.32 Å². The summed E-state index contributed by atoms with van der Waals surface area (Å²) >= 11 is 0. The lowest BCUT2D eigenvalue weighted by Gasteiger charge is -2.23. The highest BCUT2D eigenvalue weighted by atomic mass is 16.5. The normalized spacial score (nSPS) is 14.1. The van der Waals surface area contributed by atoms with E-state index < -0.39 is 18.2 Å². The third-order valence-electron chi connectivity index (χ3n) is 10.7. The maximum atomic E-state index is 13.2. The molecule has 3 atom stereocenters. The molecule has 3 unspecified atom stereocenters. The lowest BCUT2D eigenvalue weighted by Crippen LogP contribution is -2.46. The highest BCUT2D eigenvalue weighted by molar-refractivity contribution is 5.78. The minimum atomic E-state index is -0.825. The summed E-state index contributed by atoms with van der Waals surface area (Å²) in [5, 5.41) is 23.7. The molecule has 6 nitrogen and oxygen atoms in total. The molecular weight excluding hydrogens is 755 g/mol. The monoisotopic (exact) mass is 848 g/mol. The van der Waals surface area contributed by atoms with Gasteiger partial charge < -0.3 is 20.3 Å². The molecule has 0 aliphatic heterocycles. The van der Waals surface area contributed by atoms with Gasteiger partial charge >= 0.3 is 5.97 Å². The van der Waals surface area contributed by atoms with Crippen LogP contribution in [0.5, 0.6) is 0 Å². The summed E-state index contributed by atoms with van der Waals surface area (Å²) in [5.41, 5.74) is 0. The van der Waals surface area contributed by atoms with E-state index in [9.17, 15) is 19.8 Å². The fourth-order valence-corrected chi connectivity index (χ4v) is 6.98. The first-order valence-corrected chi connectivity index (χ1v) is 25.0. The molecule has 0 spiro atoms. The van der Waals surface area contributed by atoms with Gasteiger partial charge in [-0.15, -0.1) is 0 Å². The van der Waals surface area contributed by atoms with E-state index in [0.717, 1.165) is 77.0 Å². The molecule has 61 heavy (non-hydrogen) atoms. The van der Waals surface area contributed by atoms with Gasteiger partial charge in [0.1, 0.15) is 6.10 Å². The second-order valence-electron chi connectivity index (χ2n) is 16.5. The molecule has 0 saturated carbocycles. The average molecular weight is 848 g/mol.